The summed E-state index contributed by atoms with van der Waals surface area (Å²) in [5.74, 6) is -1.34. The zero-order chi connectivity index (χ0) is 24.5. The first-order chi connectivity index (χ1) is 15.7. The van der Waals surface area contributed by atoms with Gasteiger partial charge in [0.2, 0.25) is 0 Å². The van der Waals surface area contributed by atoms with E-state index in [1.807, 2.05) is 12.1 Å². The maximum absolute atomic E-state index is 9.10. The van der Waals surface area contributed by atoms with Crippen LogP contribution >= 0.6 is 0 Å². The highest BCUT2D eigenvalue weighted by Crippen LogP contribution is 2.35. The average molecular weight is 469 g/mol. The quantitative estimate of drug-likeness (QED) is 0.600. The largest absolute Gasteiger partial charge is 0.496 e. The fourth-order valence-electron chi connectivity index (χ4n) is 4.42. The van der Waals surface area contributed by atoms with Gasteiger partial charge in [-0.1, -0.05) is 0 Å². The van der Waals surface area contributed by atoms with Crippen molar-refractivity contribution in [3.63, 3.8) is 0 Å². The van der Waals surface area contributed by atoms with Crippen molar-refractivity contribution in [2.24, 2.45) is 0 Å². The number of methoxy groups -OCH3 is 3. The lowest BCUT2D eigenvalue weighted by Gasteiger charge is -2.43. The predicted molar refractivity (Wildman–Crippen MR) is 121 cm³/mol. The van der Waals surface area contributed by atoms with Gasteiger partial charge < -0.3 is 29.2 Å². The number of carboxylic acids is 2. The smallest absolute Gasteiger partial charge is 0.414 e. The van der Waals surface area contributed by atoms with Crippen LogP contribution in [0.3, 0.4) is 0 Å². The molecule has 33 heavy (non-hydrogen) atoms. The molecular formula is C23H36N2O8. The van der Waals surface area contributed by atoms with Crippen molar-refractivity contribution < 1.29 is 38.7 Å². The summed E-state index contributed by atoms with van der Waals surface area (Å²) in [6.07, 6.45) is 3.08. The summed E-state index contributed by atoms with van der Waals surface area (Å²) >= 11 is 0. The molecule has 0 aromatic heterocycles. The molecule has 3 rings (SSSR count). The molecule has 0 spiro atoms. The molecule has 2 unspecified atom stereocenters. The number of carbonyl (C=O) groups is 2. The highest BCUT2D eigenvalue weighted by molar-refractivity contribution is 6.27. The Morgan fingerprint density at radius 2 is 1.39 bits per heavy atom. The lowest BCUT2D eigenvalue weighted by Crippen LogP contribution is -2.53. The van der Waals surface area contributed by atoms with Gasteiger partial charge in [-0.15, -0.1) is 0 Å². The number of carboxylic acid groups (broad SMARTS) is 2. The summed E-state index contributed by atoms with van der Waals surface area (Å²) in [5, 5.41) is 14.8. The van der Waals surface area contributed by atoms with Gasteiger partial charge in [0.15, 0.2) is 11.5 Å². The minimum atomic E-state index is -1.82. The molecule has 186 valence electrons. The van der Waals surface area contributed by atoms with Crippen LogP contribution in [0.25, 0.3) is 0 Å². The molecule has 10 nitrogen and oxygen atoms in total. The van der Waals surface area contributed by atoms with Crippen LogP contribution in [0.4, 0.5) is 0 Å². The molecule has 2 atom stereocenters. The molecule has 0 bridgehead atoms. The standard InChI is InChI=1S/C21H34N2O4.C2H2O4/c1-15-12-23(13-16(2)27-15)18-6-8-22(9-7-18)14-17-10-20(25-4)21(26-5)11-19(17)24-3;3-1(4)2(5)6/h10-11,15-16,18H,6-9,12-14H2,1-5H3;(H,3,4)(H,5,6). The Bertz CT molecular complexity index is 773. The number of piperidine rings is 1. The van der Waals surface area contributed by atoms with Crippen LogP contribution in [0.5, 0.6) is 17.2 Å². The molecule has 2 heterocycles. The van der Waals surface area contributed by atoms with E-state index in [-0.39, 0.29) is 0 Å². The van der Waals surface area contributed by atoms with Gasteiger partial charge in [0.25, 0.3) is 0 Å². The van der Waals surface area contributed by atoms with Crippen LogP contribution in [0.2, 0.25) is 0 Å². The normalized spacial score (nSPS) is 22.1. The number of benzene rings is 1. The number of aliphatic carboxylic acids is 2. The fourth-order valence-corrected chi connectivity index (χ4v) is 4.42. The van der Waals surface area contributed by atoms with Crippen molar-refractivity contribution in [1.29, 1.82) is 0 Å². The Labute approximate surface area is 195 Å². The number of hydrogen-bond acceptors (Lipinski definition) is 8. The Morgan fingerprint density at radius 3 is 1.85 bits per heavy atom. The van der Waals surface area contributed by atoms with Crippen LogP contribution in [0.15, 0.2) is 12.1 Å². The van der Waals surface area contributed by atoms with Crippen molar-refractivity contribution in [1.82, 2.24) is 9.80 Å². The third-order valence-electron chi connectivity index (χ3n) is 5.88. The summed E-state index contributed by atoms with van der Waals surface area (Å²) < 4.78 is 22.3. The van der Waals surface area contributed by atoms with Gasteiger partial charge >= 0.3 is 11.9 Å². The monoisotopic (exact) mass is 468 g/mol. The Morgan fingerprint density at radius 1 is 0.909 bits per heavy atom. The summed E-state index contributed by atoms with van der Waals surface area (Å²) in [4.78, 5) is 23.3. The Balaban J connectivity index is 0.000000569. The first-order valence-electron chi connectivity index (χ1n) is 11.0. The molecular weight excluding hydrogens is 432 g/mol. The second-order valence-corrected chi connectivity index (χ2v) is 8.35. The van der Waals surface area contributed by atoms with E-state index in [4.69, 9.17) is 38.7 Å². The van der Waals surface area contributed by atoms with Gasteiger partial charge in [0.1, 0.15) is 5.75 Å². The van der Waals surface area contributed by atoms with E-state index in [2.05, 4.69) is 23.6 Å². The molecule has 1 aromatic rings. The second-order valence-electron chi connectivity index (χ2n) is 8.35. The third-order valence-corrected chi connectivity index (χ3v) is 5.88. The first-order valence-corrected chi connectivity index (χ1v) is 11.0. The van der Waals surface area contributed by atoms with Crippen molar-refractivity contribution >= 4 is 11.9 Å². The van der Waals surface area contributed by atoms with E-state index >= 15 is 0 Å². The molecule has 2 aliphatic rings. The number of likely N-dealkylation sites (tertiary alicyclic amines) is 1. The van der Waals surface area contributed by atoms with Gasteiger partial charge in [-0.3, -0.25) is 9.80 Å². The van der Waals surface area contributed by atoms with Crippen molar-refractivity contribution in [3.05, 3.63) is 17.7 Å². The van der Waals surface area contributed by atoms with Gasteiger partial charge in [-0.25, -0.2) is 9.59 Å². The van der Waals surface area contributed by atoms with E-state index < -0.39 is 11.9 Å². The number of ether oxygens (including phenoxy) is 4. The first kappa shape index (κ1) is 26.7. The summed E-state index contributed by atoms with van der Waals surface area (Å²) in [6.45, 7) is 9.54. The number of rotatable bonds is 6. The lowest BCUT2D eigenvalue weighted by atomic mass is 10.0. The lowest BCUT2D eigenvalue weighted by molar-refractivity contribution is -0.159. The van der Waals surface area contributed by atoms with Crippen LogP contribution in [0, 0.1) is 0 Å². The van der Waals surface area contributed by atoms with E-state index in [1.54, 1.807) is 21.3 Å². The van der Waals surface area contributed by atoms with Gasteiger partial charge in [0.05, 0.1) is 33.5 Å². The maximum atomic E-state index is 9.10. The molecule has 0 saturated carbocycles. The molecule has 2 saturated heterocycles. The second kappa shape index (κ2) is 12.6. The number of hydrogen-bond donors (Lipinski definition) is 2. The zero-order valence-corrected chi connectivity index (χ0v) is 20.1. The van der Waals surface area contributed by atoms with Gasteiger partial charge in [0, 0.05) is 37.3 Å². The molecule has 10 heteroatoms. The Hall–Kier alpha value is -2.56. The van der Waals surface area contributed by atoms with Gasteiger partial charge in [-0.2, -0.15) is 0 Å². The summed E-state index contributed by atoms with van der Waals surface area (Å²) in [7, 11) is 5.02. The highest BCUT2D eigenvalue weighted by atomic mass is 16.5. The molecule has 1 aromatic carbocycles. The van der Waals surface area contributed by atoms with Crippen LogP contribution in [-0.2, 0) is 20.9 Å². The molecule has 2 fully saturated rings. The number of nitrogens with zero attached hydrogens (tertiary/aromatic N) is 2. The highest BCUT2D eigenvalue weighted by Gasteiger charge is 2.30. The molecule has 0 amide bonds. The van der Waals surface area contributed by atoms with Crippen LogP contribution in [-0.4, -0.2) is 97.7 Å². The molecule has 0 aliphatic carbocycles. The van der Waals surface area contributed by atoms with E-state index in [9.17, 15) is 0 Å². The predicted octanol–water partition coefficient (Wildman–Crippen LogP) is 1.94. The Kier molecular flexibility index (Phi) is 10.2. The van der Waals surface area contributed by atoms with Gasteiger partial charge in [-0.05, 0) is 45.8 Å². The topological polar surface area (TPSA) is 118 Å². The zero-order valence-electron chi connectivity index (χ0n) is 20.1. The van der Waals surface area contributed by atoms with Crippen molar-refractivity contribution in [3.8, 4) is 17.2 Å². The SMILES string of the molecule is COc1cc(OC)c(OC)cc1CN1CCC(N2CC(C)OC(C)C2)CC1.O=C(O)C(=O)O. The third kappa shape index (κ3) is 7.76. The minimum absolute atomic E-state index is 0.336. The van der Waals surface area contributed by atoms with Crippen LogP contribution < -0.4 is 14.2 Å². The molecule has 2 aliphatic heterocycles. The van der Waals surface area contributed by atoms with Crippen molar-refractivity contribution in [2.75, 3.05) is 47.5 Å². The van der Waals surface area contributed by atoms with Crippen molar-refractivity contribution in [2.45, 2.75) is 51.5 Å². The average Bonchev–Trinajstić information content (AvgIpc) is 2.79. The van der Waals surface area contributed by atoms with E-state index in [0.717, 1.165) is 49.8 Å². The molecule has 2 N–H and O–H groups in total. The molecule has 0 radical (unpaired) electrons. The number of morpholine rings is 1. The van der Waals surface area contributed by atoms with E-state index in [0.29, 0.717) is 24.0 Å². The minimum Gasteiger partial charge on any atom is -0.496 e. The van der Waals surface area contributed by atoms with E-state index in [1.165, 1.54) is 12.8 Å². The summed E-state index contributed by atoms with van der Waals surface area (Å²) in [6, 6.07) is 4.62. The fraction of sp³-hybridized carbons (Fsp3) is 0.652. The van der Waals surface area contributed by atoms with Crippen LogP contribution in [0.1, 0.15) is 32.3 Å². The summed E-state index contributed by atoms with van der Waals surface area (Å²) in [5.41, 5.74) is 1.14. The maximum Gasteiger partial charge on any atom is 0.414 e.